The number of carbonyl (C=O) groups excluding carboxylic acids is 2. The average Bonchev–Trinajstić information content (AvgIpc) is 3.23. The van der Waals surface area contributed by atoms with E-state index < -0.39 is 0 Å². The second-order valence-corrected chi connectivity index (χ2v) is 8.63. The molecule has 0 fully saturated rings. The third-order valence-electron chi connectivity index (χ3n) is 4.78. The van der Waals surface area contributed by atoms with Crippen LogP contribution in [0.15, 0.2) is 65.7 Å². The van der Waals surface area contributed by atoms with Crippen molar-refractivity contribution >= 4 is 46.5 Å². The summed E-state index contributed by atoms with van der Waals surface area (Å²) in [5.74, 6) is 0.512. The Labute approximate surface area is 199 Å². The first-order valence-corrected chi connectivity index (χ1v) is 11.6. The second-order valence-electron chi connectivity index (χ2n) is 7.23. The lowest BCUT2D eigenvalue weighted by Gasteiger charge is -2.07. The molecular formula is C23H21ClN6O2S. The van der Waals surface area contributed by atoms with Crippen molar-refractivity contribution in [3.63, 3.8) is 0 Å². The van der Waals surface area contributed by atoms with E-state index in [1.807, 2.05) is 37.3 Å². The van der Waals surface area contributed by atoms with E-state index in [4.69, 9.17) is 11.6 Å². The van der Waals surface area contributed by atoms with E-state index in [1.165, 1.54) is 11.8 Å². The van der Waals surface area contributed by atoms with Crippen LogP contribution in [0.4, 0.5) is 5.69 Å². The largest absolute Gasteiger partial charge is 0.352 e. The molecule has 0 saturated heterocycles. The van der Waals surface area contributed by atoms with Gasteiger partial charge in [-0.05, 0) is 48.9 Å². The Hall–Kier alpha value is -3.43. The average molecular weight is 481 g/mol. The first-order valence-electron chi connectivity index (χ1n) is 10.2. The summed E-state index contributed by atoms with van der Waals surface area (Å²) in [6.45, 7) is 2.30. The lowest BCUT2D eigenvalue weighted by molar-refractivity contribution is -0.113. The molecule has 0 bridgehead atoms. The minimum Gasteiger partial charge on any atom is -0.352 e. The van der Waals surface area contributed by atoms with Crippen LogP contribution in [-0.2, 0) is 11.2 Å². The van der Waals surface area contributed by atoms with Gasteiger partial charge in [0, 0.05) is 29.2 Å². The van der Waals surface area contributed by atoms with Gasteiger partial charge in [0.1, 0.15) is 5.03 Å². The number of benzene rings is 2. The van der Waals surface area contributed by atoms with Crippen LogP contribution in [0.3, 0.4) is 0 Å². The minimum absolute atomic E-state index is 0.144. The van der Waals surface area contributed by atoms with E-state index in [2.05, 4.69) is 25.9 Å². The smallest absolute Gasteiger partial charge is 0.251 e. The summed E-state index contributed by atoms with van der Waals surface area (Å²) in [7, 11) is 0. The van der Waals surface area contributed by atoms with Gasteiger partial charge < -0.3 is 10.6 Å². The number of amides is 2. The van der Waals surface area contributed by atoms with Gasteiger partial charge >= 0.3 is 0 Å². The number of hydrogen-bond donors (Lipinski definition) is 2. The fourth-order valence-electron chi connectivity index (χ4n) is 3.04. The predicted octanol–water partition coefficient (Wildman–Crippen LogP) is 3.79. The molecule has 0 spiro atoms. The molecule has 2 aromatic carbocycles. The summed E-state index contributed by atoms with van der Waals surface area (Å²) in [5, 5.41) is 19.8. The van der Waals surface area contributed by atoms with Gasteiger partial charge in [-0.2, -0.15) is 9.61 Å². The third kappa shape index (κ3) is 5.88. The number of carbonyl (C=O) groups is 2. The fourth-order valence-corrected chi connectivity index (χ4v) is 3.87. The fraction of sp³-hybridized carbons (Fsp3) is 0.174. The molecule has 2 amide bonds. The topological polar surface area (TPSA) is 101 Å². The standard InChI is InChI=1S/C23H21ClN6O2S/c1-15-7-8-17(13-18(15)24)26-21(31)14-33-22-10-9-19-27-28-20(30(19)29-22)11-12-25-23(32)16-5-3-2-4-6-16/h2-10,13H,11-12,14H2,1H3,(H,25,32)(H,26,31). The van der Waals surface area contributed by atoms with Gasteiger partial charge in [-0.15, -0.1) is 10.2 Å². The predicted molar refractivity (Wildman–Crippen MR) is 129 cm³/mol. The van der Waals surface area contributed by atoms with Crippen molar-refractivity contribution in [3.8, 4) is 0 Å². The van der Waals surface area contributed by atoms with Gasteiger partial charge in [0.2, 0.25) is 5.91 Å². The molecule has 0 aliphatic carbocycles. The highest BCUT2D eigenvalue weighted by atomic mass is 35.5. The minimum atomic E-state index is -0.158. The molecule has 0 aliphatic heterocycles. The first-order chi connectivity index (χ1) is 16.0. The molecule has 2 aromatic heterocycles. The summed E-state index contributed by atoms with van der Waals surface area (Å²) >= 11 is 7.42. The zero-order chi connectivity index (χ0) is 23.2. The van der Waals surface area contributed by atoms with Crippen molar-refractivity contribution in [2.75, 3.05) is 17.6 Å². The zero-order valence-corrected chi connectivity index (χ0v) is 19.4. The quantitative estimate of drug-likeness (QED) is 0.372. The second kappa shape index (κ2) is 10.5. The van der Waals surface area contributed by atoms with E-state index in [9.17, 15) is 9.59 Å². The van der Waals surface area contributed by atoms with E-state index >= 15 is 0 Å². The highest BCUT2D eigenvalue weighted by Gasteiger charge is 2.11. The summed E-state index contributed by atoms with van der Waals surface area (Å²) in [5.41, 5.74) is 2.80. The molecule has 10 heteroatoms. The van der Waals surface area contributed by atoms with Crippen molar-refractivity contribution in [1.82, 2.24) is 25.1 Å². The number of anilines is 1. The summed E-state index contributed by atoms with van der Waals surface area (Å²) in [6.07, 6.45) is 0.468. The third-order valence-corrected chi connectivity index (χ3v) is 6.11. The Balaban J connectivity index is 1.33. The van der Waals surface area contributed by atoms with Crippen LogP contribution in [0.5, 0.6) is 0 Å². The maximum atomic E-state index is 12.3. The number of aryl methyl sites for hydroxylation is 1. The SMILES string of the molecule is Cc1ccc(NC(=O)CSc2ccc3nnc(CCNC(=O)c4ccccc4)n3n2)cc1Cl. The van der Waals surface area contributed by atoms with Gasteiger partial charge in [-0.25, -0.2) is 0 Å². The Morgan fingerprint density at radius 3 is 2.67 bits per heavy atom. The lowest BCUT2D eigenvalue weighted by Crippen LogP contribution is -2.26. The van der Waals surface area contributed by atoms with Crippen molar-refractivity contribution in [1.29, 1.82) is 0 Å². The number of rotatable bonds is 8. The Bertz CT molecular complexity index is 1290. The molecule has 8 nitrogen and oxygen atoms in total. The molecule has 2 heterocycles. The molecule has 168 valence electrons. The van der Waals surface area contributed by atoms with Crippen molar-refractivity contribution in [2.45, 2.75) is 18.4 Å². The van der Waals surface area contributed by atoms with Crippen molar-refractivity contribution in [2.24, 2.45) is 0 Å². The van der Waals surface area contributed by atoms with Crippen LogP contribution in [0, 0.1) is 6.92 Å². The molecule has 0 unspecified atom stereocenters. The van der Waals surface area contributed by atoms with Crippen molar-refractivity contribution in [3.05, 3.63) is 82.6 Å². The van der Waals surface area contributed by atoms with Gasteiger partial charge in [0.25, 0.3) is 5.91 Å². The van der Waals surface area contributed by atoms with E-state index in [0.29, 0.717) is 45.7 Å². The number of thioether (sulfide) groups is 1. The van der Waals surface area contributed by atoms with Gasteiger partial charge in [-0.1, -0.05) is 47.6 Å². The number of nitrogens with one attached hydrogen (secondary N) is 2. The van der Waals surface area contributed by atoms with E-state index in [-0.39, 0.29) is 17.6 Å². The highest BCUT2D eigenvalue weighted by molar-refractivity contribution is 7.99. The molecule has 4 aromatic rings. The van der Waals surface area contributed by atoms with Gasteiger partial charge in [0.05, 0.1) is 5.75 Å². The lowest BCUT2D eigenvalue weighted by atomic mass is 10.2. The van der Waals surface area contributed by atoms with Crippen LogP contribution in [0.25, 0.3) is 5.65 Å². The van der Waals surface area contributed by atoms with Crippen LogP contribution >= 0.6 is 23.4 Å². The normalized spacial score (nSPS) is 10.8. The molecule has 0 radical (unpaired) electrons. The van der Waals surface area contributed by atoms with E-state index in [1.54, 1.807) is 34.8 Å². The molecule has 33 heavy (non-hydrogen) atoms. The summed E-state index contributed by atoms with van der Waals surface area (Å²) in [4.78, 5) is 24.5. The Kier molecular flexibility index (Phi) is 7.21. The molecular weight excluding hydrogens is 460 g/mol. The highest BCUT2D eigenvalue weighted by Crippen LogP contribution is 2.21. The van der Waals surface area contributed by atoms with Gasteiger partial charge in [0.15, 0.2) is 11.5 Å². The molecule has 4 rings (SSSR count). The van der Waals surface area contributed by atoms with Crippen LogP contribution < -0.4 is 10.6 Å². The number of fused-ring (bicyclic) bond motifs is 1. The molecule has 2 N–H and O–H groups in total. The maximum absolute atomic E-state index is 12.3. The number of halogens is 1. The molecule has 0 aliphatic rings. The Morgan fingerprint density at radius 2 is 1.88 bits per heavy atom. The number of hydrogen-bond acceptors (Lipinski definition) is 6. The Morgan fingerprint density at radius 1 is 1.06 bits per heavy atom. The van der Waals surface area contributed by atoms with Crippen LogP contribution in [0.2, 0.25) is 5.02 Å². The summed E-state index contributed by atoms with van der Waals surface area (Å²) in [6, 6.07) is 18.0. The number of aromatic nitrogens is 4. The molecule has 0 atom stereocenters. The van der Waals surface area contributed by atoms with E-state index in [0.717, 1.165) is 5.56 Å². The van der Waals surface area contributed by atoms with Crippen LogP contribution in [-0.4, -0.2) is 43.9 Å². The monoisotopic (exact) mass is 480 g/mol. The maximum Gasteiger partial charge on any atom is 0.251 e. The van der Waals surface area contributed by atoms with Crippen molar-refractivity contribution < 1.29 is 9.59 Å². The summed E-state index contributed by atoms with van der Waals surface area (Å²) < 4.78 is 1.63. The van der Waals surface area contributed by atoms with Gasteiger partial charge in [-0.3, -0.25) is 9.59 Å². The first kappa shape index (κ1) is 22.8. The zero-order valence-electron chi connectivity index (χ0n) is 17.8. The molecule has 0 saturated carbocycles. The van der Waals surface area contributed by atoms with Crippen LogP contribution in [0.1, 0.15) is 21.7 Å². The number of nitrogens with zero attached hydrogens (tertiary/aromatic N) is 4.